The van der Waals surface area contributed by atoms with Gasteiger partial charge in [0, 0.05) is 24.5 Å². The number of thiazole rings is 1. The van der Waals surface area contributed by atoms with E-state index in [1.807, 2.05) is 19.1 Å². The highest BCUT2D eigenvalue weighted by Gasteiger charge is 2.16. The Hall–Kier alpha value is -2.08. The molecule has 23 heavy (non-hydrogen) atoms. The molecule has 5 nitrogen and oxygen atoms in total. The summed E-state index contributed by atoms with van der Waals surface area (Å²) in [5, 5.41) is 13.0. The molecule has 3 rings (SSSR count). The Morgan fingerprint density at radius 1 is 1.26 bits per heavy atom. The van der Waals surface area contributed by atoms with Gasteiger partial charge in [-0.3, -0.25) is 0 Å². The first-order chi connectivity index (χ1) is 11.2. The van der Waals surface area contributed by atoms with Crippen molar-refractivity contribution in [3.8, 4) is 0 Å². The molecule has 2 N–H and O–H groups in total. The van der Waals surface area contributed by atoms with Crippen molar-refractivity contribution in [2.75, 3.05) is 23.3 Å². The molecular formula is C17H21N3O2S. The van der Waals surface area contributed by atoms with Crippen molar-refractivity contribution >= 4 is 33.8 Å². The molecule has 0 unspecified atom stereocenters. The minimum atomic E-state index is -0.909. The van der Waals surface area contributed by atoms with Gasteiger partial charge in [-0.05, 0) is 49.9 Å². The maximum Gasteiger partial charge on any atom is 0.347 e. The zero-order valence-corrected chi connectivity index (χ0v) is 14.0. The van der Waals surface area contributed by atoms with E-state index in [1.54, 1.807) is 0 Å². The number of carboxylic acid groups (broad SMARTS) is 1. The molecule has 1 saturated heterocycles. The van der Waals surface area contributed by atoms with Crippen molar-refractivity contribution in [2.24, 2.45) is 0 Å². The second-order valence-corrected chi connectivity index (χ2v) is 6.67. The number of benzene rings is 1. The standard InChI is InChI=1S/C17H21N3O2S/c1-2-14-15(16(21)22)23-17(19-14)18-12-6-8-13(9-7-12)20-10-4-3-5-11-20/h6-9H,2-5,10-11H2,1H3,(H,18,19)(H,21,22). The van der Waals surface area contributed by atoms with Crippen molar-refractivity contribution in [3.63, 3.8) is 0 Å². The van der Waals surface area contributed by atoms with Crippen molar-refractivity contribution in [2.45, 2.75) is 32.6 Å². The summed E-state index contributed by atoms with van der Waals surface area (Å²) >= 11 is 1.19. The van der Waals surface area contributed by atoms with Crippen LogP contribution >= 0.6 is 11.3 Å². The summed E-state index contributed by atoms with van der Waals surface area (Å²) < 4.78 is 0. The number of aromatic nitrogens is 1. The fourth-order valence-corrected chi connectivity index (χ4v) is 3.76. The second-order valence-electron chi connectivity index (χ2n) is 5.67. The average Bonchev–Trinajstić information content (AvgIpc) is 2.99. The van der Waals surface area contributed by atoms with Gasteiger partial charge in [0.25, 0.3) is 0 Å². The zero-order chi connectivity index (χ0) is 16.2. The molecule has 1 aromatic carbocycles. The van der Waals surface area contributed by atoms with E-state index in [0.717, 1.165) is 18.8 Å². The lowest BCUT2D eigenvalue weighted by Gasteiger charge is -2.28. The topological polar surface area (TPSA) is 65.5 Å². The van der Waals surface area contributed by atoms with Crippen LogP contribution in [-0.4, -0.2) is 29.1 Å². The molecule has 2 heterocycles. The minimum Gasteiger partial charge on any atom is -0.477 e. The molecule has 0 bridgehead atoms. The van der Waals surface area contributed by atoms with Gasteiger partial charge in [-0.15, -0.1) is 0 Å². The van der Waals surface area contributed by atoms with Gasteiger partial charge >= 0.3 is 5.97 Å². The molecule has 1 fully saturated rings. The number of rotatable bonds is 5. The second kappa shape index (κ2) is 7.00. The van der Waals surface area contributed by atoms with Gasteiger partial charge in [0.05, 0.1) is 5.69 Å². The third-order valence-electron chi connectivity index (χ3n) is 4.07. The zero-order valence-electron chi connectivity index (χ0n) is 13.2. The van der Waals surface area contributed by atoms with Crippen molar-refractivity contribution in [3.05, 3.63) is 34.8 Å². The van der Waals surface area contributed by atoms with Crippen LogP contribution in [0.3, 0.4) is 0 Å². The highest BCUT2D eigenvalue weighted by Crippen LogP contribution is 2.28. The first-order valence-electron chi connectivity index (χ1n) is 8.02. The van der Waals surface area contributed by atoms with Gasteiger partial charge in [0.15, 0.2) is 5.13 Å². The highest BCUT2D eigenvalue weighted by atomic mass is 32.1. The Balaban J connectivity index is 1.72. The molecule has 122 valence electrons. The van der Waals surface area contributed by atoms with Crippen LogP contribution < -0.4 is 10.2 Å². The van der Waals surface area contributed by atoms with Crippen LogP contribution in [0.2, 0.25) is 0 Å². The van der Waals surface area contributed by atoms with Gasteiger partial charge in [0.1, 0.15) is 4.88 Å². The van der Waals surface area contributed by atoms with Crippen LogP contribution in [0, 0.1) is 0 Å². The Morgan fingerprint density at radius 2 is 1.96 bits per heavy atom. The van der Waals surface area contributed by atoms with Gasteiger partial charge in [-0.1, -0.05) is 18.3 Å². The Labute approximate surface area is 140 Å². The molecule has 1 aliphatic heterocycles. The van der Waals surface area contributed by atoms with Crippen LogP contribution in [0.4, 0.5) is 16.5 Å². The fourth-order valence-electron chi connectivity index (χ4n) is 2.84. The number of carbonyl (C=O) groups is 1. The molecule has 0 amide bonds. The van der Waals surface area contributed by atoms with Gasteiger partial charge in [-0.25, -0.2) is 9.78 Å². The Kier molecular flexibility index (Phi) is 4.81. The van der Waals surface area contributed by atoms with Crippen molar-refractivity contribution in [1.29, 1.82) is 0 Å². The quantitative estimate of drug-likeness (QED) is 0.862. The Bertz CT molecular complexity index is 676. The largest absolute Gasteiger partial charge is 0.477 e. The maximum atomic E-state index is 11.2. The predicted molar refractivity (Wildman–Crippen MR) is 94.2 cm³/mol. The molecule has 0 saturated carbocycles. The van der Waals surface area contributed by atoms with E-state index in [2.05, 4.69) is 27.3 Å². The number of carboxylic acids is 1. The van der Waals surface area contributed by atoms with Gasteiger partial charge in [-0.2, -0.15) is 0 Å². The van der Waals surface area contributed by atoms with Crippen LogP contribution in [0.1, 0.15) is 41.6 Å². The lowest BCUT2D eigenvalue weighted by Crippen LogP contribution is -2.29. The number of aryl methyl sites for hydroxylation is 1. The number of aromatic carboxylic acids is 1. The molecule has 0 radical (unpaired) electrons. The van der Waals surface area contributed by atoms with E-state index in [-0.39, 0.29) is 0 Å². The molecular weight excluding hydrogens is 310 g/mol. The monoisotopic (exact) mass is 331 g/mol. The average molecular weight is 331 g/mol. The molecule has 1 aromatic heterocycles. The SMILES string of the molecule is CCc1nc(Nc2ccc(N3CCCCC3)cc2)sc1C(=O)O. The highest BCUT2D eigenvalue weighted by molar-refractivity contribution is 7.17. The molecule has 0 spiro atoms. The van der Waals surface area contributed by atoms with Crippen LogP contribution in [0.15, 0.2) is 24.3 Å². The first-order valence-corrected chi connectivity index (χ1v) is 8.84. The van der Waals surface area contributed by atoms with Crippen LogP contribution in [0.5, 0.6) is 0 Å². The fraction of sp³-hybridized carbons (Fsp3) is 0.412. The summed E-state index contributed by atoms with van der Waals surface area (Å²) in [5.74, 6) is -0.909. The molecule has 1 aliphatic rings. The van der Waals surface area contributed by atoms with Gasteiger partial charge in [0.2, 0.25) is 0 Å². The van der Waals surface area contributed by atoms with E-state index >= 15 is 0 Å². The first kappa shape index (κ1) is 15.8. The number of hydrogen-bond donors (Lipinski definition) is 2. The lowest BCUT2D eigenvalue weighted by molar-refractivity contribution is 0.0701. The summed E-state index contributed by atoms with van der Waals surface area (Å²) in [6.07, 6.45) is 4.47. The summed E-state index contributed by atoms with van der Waals surface area (Å²) in [5.41, 5.74) is 2.81. The number of hydrogen-bond acceptors (Lipinski definition) is 5. The van der Waals surface area contributed by atoms with E-state index in [1.165, 1.54) is 36.3 Å². The normalized spacial score (nSPS) is 14.7. The summed E-state index contributed by atoms with van der Waals surface area (Å²) in [6, 6.07) is 8.27. The third-order valence-corrected chi connectivity index (χ3v) is 5.07. The van der Waals surface area contributed by atoms with Crippen LogP contribution in [0.25, 0.3) is 0 Å². The number of piperidine rings is 1. The van der Waals surface area contributed by atoms with Gasteiger partial charge < -0.3 is 15.3 Å². The van der Waals surface area contributed by atoms with Crippen molar-refractivity contribution in [1.82, 2.24) is 4.98 Å². The minimum absolute atomic E-state index is 0.319. The maximum absolute atomic E-state index is 11.2. The lowest BCUT2D eigenvalue weighted by atomic mass is 10.1. The summed E-state index contributed by atoms with van der Waals surface area (Å²) in [6.45, 7) is 4.17. The smallest absolute Gasteiger partial charge is 0.347 e. The van der Waals surface area contributed by atoms with Crippen molar-refractivity contribution < 1.29 is 9.90 Å². The molecule has 2 aromatic rings. The molecule has 0 atom stereocenters. The van der Waals surface area contributed by atoms with E-state index < -0.39 is 5.97 Å². The third kappa shape index (κ3) is 3.64. The van der Waals surface area contributed by atoms with Crippen LogP contribution in [-0.2, 0) is 6.42 Å². The number of nitrogens with zero attached hydrogens (tertiary/aromatic N) is 2. The Morgan fingerprint density at radius 3 is 2.52 bits per heavy atom. The summed E-state index contributed by atoms with van der Waals surface area (Å²) in [4.78, 5) is 18.3. The van der Waals surface area contributed by atoms with E-state index in [4.69, 9.17) is 0 Å². The van der Waals surface area contributed by atoms with E-state index in [0.29, 0.717) is 22.1 Å². The molecule has 6 heteroatoms. The number of anilines is 3. The predicted octanol–water partition coefficient (Wildman–Crippen LogP) is 4.14. The molecule has 0 aliphatic carbocycles. The number of nitrogens with one attached hydrogen (secondary N) is 1. The van der Waals surface area contributed by atoms with E-state index in [9.17, 15) is 9.90 Å². The summed E-state index contributed by atoms with van der Waals surface area (Å²) in [7, 11) is 0.